The molecule has 7 heteroatoms. The number of piperidine rings is 1. The average Bonchev–Trinajstić information content (AvgIpc) is 2.69. The zero-order valence-corrected chi connectivity index (χ0v) is 17.4. The molecular formula is C21H27N3O3S. The molecule has 0 atom stereocenters. The van der Waals surface area contributed by atoms with Crippen LogP contribution in [0.25, 0.3) is 0 Å². The summed E-state index contributed by atoms with van der Waals surface area (Å²) in [5.41, 5.74) is 1.92. The molecule has 0 bridgehead atoms. The number of hydrogen-bond donors (Lipinski definition) is 1. The van der Waals surface area contributed by atoms with E-state index < -0.39 is 10.0 Å². The van der Waals surface area contributed by atoms with Crippen LogP contribution in [0.15, 0.2) is 53.4 Å². The molecule has 0 aliphatic carbocycles. The monoisotopic (exact) mass is 401 g/mol. The van der Waals surface area contributed by atoms with Gasteiger partial charge < -0.3 is 10.2 Å². The summed E-state index contributed by atoms with van der Waals surface area (Å²) >= 11 is 0. The number of nitrogens with one attached hydrogen (secondary N) is 1. The second-order valence-corrected chi connectivity index (χ2v) is 9.36. The Kier molecular flexibility index (Phi) is 6.05. The van der Waals surface area contributed by atoms with E-state index in [0.29, 0.717) is 11.3 Å². The minimum absolute atomic E-state index is 0.104. The van der Waals surface area contributed by atoms with Crippen molar-refractivity contribution in [1.82, 2.24) is 10.2 Å². The minimum atomic E-state index is -3.76. The van der Waals surface area contributed by atoms with Gasteiger partial charge in [0, 0.05) is 18.7 Å². The number of sulfonamides is 1. The van der Waals surface area contributed by atoms with Crippen LogP contribution in [0.4, 0.5) is 5.69 Å². The lowest BCUT2D eigenvalue weighted by Crippen LogP contribution is -2.43. The van der Waals surface area contributed by atoms with Gasteiger partial charge in [-0.15, -0.1) is 0 Å². The molecule has 1 N–H and O–H groups in total. The standard InChI is InChI=1S/C21H27N3O3S/c1-16-6-4-8-19(14-16)24(3)28(26,27)20-9-5-7-17(15-20)21(25)22-18-10-12-23(2)13-11-18/h4-9,14-15,18H,10-13H2,1-3H3,(H,22,25). The van der Waals surface area contributed by atoms with Crippen molar-refractivity contribution in [1.29, 1.82) is 0 Å². The molecule has 0 radical (unpaired) electrons. The summed E-state index contributed by atoms with van der Waals surface area (Å²) in [6, 6.07) is 13.7. The highest BCUT2D eigenvalue weighted by molar-refractivity contribution is 7.92. The van der Waals surface area contributed by atoms with Crippen molar-refractivity contribution in [3.8, 4) is 0 Å². The van der Waals surface area contributed by atoms with Gasteiger partial charge >= 0.3 is 0 Å². The molecule has 2 aromatic rings. The van der Waals surface area contributed by atoms with Gasteiger partial charge in [0.25, 0.3) is 15.9 Å². The Morgan fingerprint density at radius 1 is 1.11 bits per heavy atom. The lowest BCUT2D eigenvalue weighted by Gasteiger charge is -2.29. The zero-order chi connectivity index (χ0) is 20.3. The van der Waals surface area contributed by atoms with Crippen molar-refractivity contribution in [3.63, 3.8) is 0 Å². The first-order valence-corrected chi connectivity index (χ1v) is 10.9. The Balaban J connectivity index is 1.79. The van der Waals surface area contributed by atoms with Gasteiger partial charge in [-0.25, -0.2) is 8.42 Å². The summed E-state index contributed by atoms with van der Waals surface area (Å²) in [5.74, 6) is -0.232. The molecule has 3 rings (SSSR count). The van der Waals surface area contributed by atoms with E-state index in [1.54, 1.807) is 18.2 Å². The van der Waals surface area contributed by atoms with E-state index in [0.717, 1.165) is 31.5 Å². The molecule has 1 fully saturated rings. The lowest BCUT2D eigenvalue weighted by molar-refractivity contribution is 0.0916. The van der Waals surface area contributed by atoms with Gasteiger partial charge in [-0.05, 0) is 75.8 Å². The first-order chi connectivity index (χ1) is 13.3. The summed E-state index contributed by atoms with van der Waals surface area (Å²) in [5, 5.41) is 3.03. The Morgan fingerprint density at radius 3 is 2.46 bits per heavy atom. The molecule has 1 heterocycles. The Labute approximate surface area is 167 Å². The van der Waals surface area contributed by atoms with Crippen LogP contribution >= 0.6 is 0 Å². The second-order valence-electron chi connectivity index (χ2n) is 7.39. The van der Waals surface area contributed by atoms with E-state index >= 15 is 0 Å². The summed E-state index contributed by atoms with van der Waals surface area (Å²) in [4.78, 5) is 15.0. The smallest absolute Gasteiger partial charge is 0.264 e. The quantitative estimate of drug-likeness (QED) is 0.836. The fourth-order valence-electron chi connectivity index (χ4n) is 3.34. The number of carbonyl (C=O) groups excluding carboxylic acids is 1. The highest BCUT2D eigenvalue weighted by Crippen LogP contribution is 2.23. The van der Waals surface area contributed by atoms with Crippen molar-refractivity contribution in [2.75, 3.05) is 31.5 Å². The second kappa shape index (κ2) is 8.32. The van der Waals surface area contributed by atoms with Crippen LogP contribution in [0.1, 0.15) is 28.8 Å². The Bertz CT molecular complexity index is 951. The van der Waals surface area contributed by atoms with Crippen molar-refractivity contribution < 1.29 is 13.2 Å². The maximum atomic E-state index is 13.0. The SMILES string of the molecule is Cc1cccc(N(C)S(=O)(=O)c2cccc(C(=O)NC3CCN(C)CC3)c2)c1. The van der Waals surface area contributed by atoms with E-state index in [1.807, 2.05) is 25.1 Å². The van der Waals surface area contributed by atoms with Crippen molar-refractivity contribution in [2.24, 2.45) is 0 Å². The molecule has 1 saturated heterocycles. The summed E-state index contributed by atoms with van der Waals surface area (Å²) in [7, 11) is -0.169. The maximum Gasteiger partial charge on any atom is 0.264 e. The predicted octanol–water partition coefficient (Wildman–Crippen LogP) is 2.64. The third-order valence-corrected chi connectivity index (χ3v) is 6.96. The van der Waals surface area contributed by atoms with E-state index in [4.69, 9.17) is 0 Å². The van der Waals surface area contributed by atoms with Gasteiger partial charge in [0.15, 0.2) is 0 Å². The molecular weight excluding hydrogens is 374 g/mol. The van der Waals surface area contributed by atoms with Gasteiger partial charge in [0.2, 0.25) is 0 Å². The maximum absolute atomic E-state index is 13.0. The third kappa shape index (κ3) is 4.54. The number of amides is 1. The molecule has 6 nitrogen and oxygen atoms in total. The van der Waals surface area contributed by atoms with Crippen LogP contribution < -0.4 is 9.62 Å². The number of likely N-dealkylation sites (tertiary alicyclic amines) is 1. The van der Waals surface area contributed by atoms with E-state index in [-0.39, 0.29) is 16.8 Å². The van der Waals surface area contributed by atoms with Crippen molar-refractivity contribution >= 4 is 21.6 Å². The highest BCUT2D eigenvalue weighted by atomic mass is 32.2. The predicted molar refractivity (Wildman–Crippen MR) is 111 cm³/mol. The van der Waals surface area contributed by atoms with Gasteiger partial charge in [-0.3, -0.25) is 9.10 Å². The zero-order valence-electron chi connectivity index (χ0n) is 16.6. The third-order valence-electron chi connectivity index (χ3n) is 5.17. The van der Waals surface area contributed by atoms with Gasteiger partial charge in [0.05, 0.1) is 10.6 Å². The molecule has 0 spiro atoms. The molecule has 2 aromatic carbocycles. The van der Waals surface area contributed by atoms with Crippen LogP contribution in [0, 0.1) is 6.92 Å². The molecule has 1 aliphatic heterocycles. The lowest BCUT2D eigenvalue weighted by atomic mass is 10.0. The van der Waals surface area contributed by atoms with Crippen molar-refractivity contribution in [2.45, 2.75) is 30.7 Å². The molecule has 1 aliphatic rings. The molecule has 0 saturated carbocycles. The van der Waals surface area contributed by atoms with Gasteiger partial charge in [-0.1, -0.05) is 18.2 Å². The van der Waals surface area contributed by atoms with Crippen LogP contribution in [0.3, 0.4) is 0 Å². The first-order valence-electron chi connectivity index (χ1n) is 9.42. The first kappa shape index (κ1) is 20.4. The molecule has 0 unspecified atom stereocenters. The normalized spacial score (nSPS) is 16.0. The number of nitrogens with zero attached hydrogens (tertiary/aromatic N) is 2. The number of rotatable bonds is 5. The fraction of sp³-hybridized carbons (Fsp3) is 0.381. The van der Waals surface area contributed by atoms with Crippen LogP contribution in [0.2, 0.25) is 0 Å². The van der Waals surface area contributed by atoms with Gasteiger partial charge in [-0.2, -0.15) is 0 Å². The fourth-order valence-corrected chi connectivity index (χ4v) is 4.57. The van der Waals surface area contributed by atoms with Gasteiger partial charge in [0.1, 0.15) is 0 Å². The molecule has 1 amide bonds. The topological polar surface area (TPSA) is 69.7 Å². The summed E-state index contributed by atoms with van der Waals surface area (Å²) in [6.45, 7) is 3.80. The number of benzene rings is 2. The summed E-state index contributed by atoms with van der Waals surface area (Å²) < 4.78 is 27.3. The Hall–Kier alpha value is -2.38. The van der Waals surface area contributed by atoms with Crippen LogP contribution in [-0.2, 0) is 10.0 Å². The Morgan fingerprint density at radius 2 is 1.79 bits per heavy atom. The number of anilines is 1. The van der Waals surface area contributed by atoms with Crippen LogP contribution in [-0.4, -0.2) is 52.5 Å². The van der Waals surface area contributed by atoms with Crippen molar-refractivity contribution in [3.05, 3.63) is 59.7 Å². The van der Waals surface area contributed by atoms with E-state index in [9.17, 15) is 13.2 Å². The molecule has 28 heavy (non-hydrogen) atoms. The van der Waals surface area contributed by atoms with E-state index in [1.165, 1.54) is 23.5 Å². The largest absolute Gasteiger partial charge is 0.349 e. The number of hydrogen-bond acceptors (Lipinski definition) is 4. The minimum Gasteiger partial charge on any atom is -0.349 e. The highest BCUT2D eigenvalue weighted by Gasteiger charge is 2.24. The molecule has 150 valence electrons. The van der Waals surface area contributed by atoms with E-state index in [2.05, 4.69) is 17.3 Å². The van der Waals surface area contributed by atoms with Crippen LogP contribution in [0.5, 0.6) is 0 Å². The number of carbonyl (C=O) groups is 1. The summed E-state index contributed by atoms with van der Waals surface area (Å²) in [6.07, 6.45) is 1.80. The molecule has 0 aromatic heterocycles. The number of aryl methyl sites for hydroxylation is 1. The average molecular weight is 402 g/mol.